The van der Waals surface area contributed by atoms with Crippen LogP contribution in [0.1, 0.15) is 17.9 Å². The maximum absolute atomic E-state index is 12.1. The first kappa shape index (κ1) is 12.4. The highest BCUT2D eigenvalue weighted by atomic mass is 32.2. The Labute approximate surface area is 113 Å². The summed E-state index contributed by atoms with van der Waals surface area (Å²) in [6, 6.07) is 18.5. The number of rotatable bonds is 4. The number of hydrogen-bond acceptors (Lipinski definition) is 2. The lowest BCUT2D eigenvalue weighted by Crippen LogP contribution is -2.26. The van der Waals surface area contributed by atoms with Crippen molar-refractivity contribution < 1.29 is 8.42 Å². The first-order valence-corrected chi connectivity index (χ1v) is 7.77. The molecule has 2 unspecified atom stereocenters. The number of sulfonamides is 1. The van der Waals surface area contributed by atoms with Crippen molar-refractivity contribution in [1.29, 1.82) is 0 Å². The van der Waals surface area contributed by atoms with Gasteiger partial charge in [-0.15, -0.1) is 0 Å². The molecular formula is C15H15NO2S. The topological polar surface area (TPSA) is 46.2 Å². The number of hydrogen-bond donors (Lipinski definition) is 1. The molecule has 0 spiro atoms. The molecule has 1 saturated carbocycles. The van der Waals surface area contributed by atoms with Gasteiger partial charge in [0.15, 0.2) is 0 Å². The Bertz CT molecular complexity index is 653. The van der Waals surface area contributed by atoms with Crippen molar-refractivity contribution in [2.45, 2.75) is 23.3 Å². The summed E-state index contributed by atoms with van der Waals surface area (Å²) in [6.45, 7) is 0. The van der Waals surface area contributed by atoms with Crippen molar-refractivity contribution in [3.05, 3.63) is 66.2 Å². The molecule has 0 radical (unpaired) electrons. The standard InChI is InChI=1S/C15H15NO2S/c17-19(18,13-9-5-2-6-10-13)16-15-11-14(15)12-7-3-1-4-8-12/h1-10,14-16H,11H2. The molecule has 19 heavy (non-hydrogen) atoms. The molecule has 1 aliphatic carbocycles. The third-order valence-corrected chi connectivity index (χ3v) is 4.88. The van der Waals surface area contributed by atoms with E-state index in [1.54, 1.807) is 24.3 Å². The van der Waals surface area contributed by atoms with Crippen LogP contribution in [-0.4, -0.2) is 14.5 Å². The summed E-state index contributed by atoms with van der Waals surface area (Å²) in [6.07, 6.45) is 0.871. The first-order valence-electron chi connectivity index (χ1n) is 6.29. The Morgan fingerprint density at radius 2 is 1.47 bits per heavy atom. The minimum Gasteiger partial charge on any atom is -0.207 e. The average molecular weight is 273 g/mol. The first-order chi connectivity index (χ1) is 9.17. The normalized spacial score (nSPS) is 22.1. The molecule has 2 atom stereocenters. The van der Waals surface area contributed by atoms with Gasteiger partial charge < -0.3 is 0 Å². The summed E-state index contributed by atoms with van der Waals surface area (Å²) in [5.41, 5.74) is 1.20. The highest BCUT2D eigenvalue weighted by Crippen LogP contribution is 2.41. The molecule has 0 amide bonds. The van der Waals surface area contributed by atoms with Crippen LogP contribution in [0.25, 0.3) is 0 Å². The van der Waals surface area contributed by atoms with Gasteiger partial charge in [0.2, 0.25) is 10.0 Å². The van der Waals surface area contributed by atoms with Crippen molar-refractivity contribution >= 4 is 10.0 Å². The van der Waals surface area contributed by atoms with Crippen LogP contribution >= 0.6 is 0 Å². The number of benzene rings is 2. The van der Waals surface area contributed by atoms with Gasteiger partial charge >= 0.3 is 0 Å². The van der Waals surface area contributed by atoms with E-state index in [9.17, 15) is 8.42 Å². The fourth-order valence-electron chi connectivity index (χ4n) is 2.26. The highest BCUT2D eigenvalue weighted by Gasteiger charge is 2.41. The fraction of sp³-hybridized carbons (Fsp3) is 0.200. The Hall–Kier alpha value is -1.65. The van der Waals surface area contributed by atoms with Crippen LogP contribution in [0.5, 0.6) is 0 Å². The van der Waals surface area contributed by atoms with Crippen LogP contribution in [-0.2, 0) is 10.0 Å². The maximum atomic E-state index is 12.1. The molecule has 1 aliphatic rings. The summed E-state index contributed by atoms with van der Waals surface area (Å²) in [5.74, 6) is 0.305. The van der Waals surface area contributed by atoms with Crippen LogP contribution in [0.2, 0.25) is 0 Å². The third-order valence-electron chi connectivity index (χ3n) is 3.38. The smallest absolute Gasteiger partial charge is 0.207 e. The summed E-state index contributed by atoms with van der Waals surface area (Å²) >= 11 is 0. The lowest BCUT2D eigenvalue weighted by atomic mass is 10.1. The van der Waals surface area contributed by atoms with E-state index in [0.29, 0.717) is 10.8 Å². The predicted molar refractivity (Wildman–Crippen MR) is 74.4 cm³/mol. The van der Waals surface area contributed by atoms with E-state index in [-0.39, 0.29) is 6.04 Å². The molecule has 2 aromatic rings. The molecule has 2 aromatic carbocycles. The quantitative estimate of drug-likeness (QED) is 0.930. The van der Waals surface area contributed by atoms with E-state index < -0.39 is 10.0 Å². The second-order valence-corrected chi connectivity index (χ2v) is 6.51. The van der Waals surface area contributed by atoms with Gasteiger partial charge in [-0.05, 0) is 24.1 Å². The predicted octanol–water partition coefficient (Wildman–Crippen LogP) is 2.52. The lowest BCUT2D eigenvalue weighted by Gasteiger charge is -2.06. The molecule has 0 bridgehead atoms. The van der Waals surface area contributed by atoms with Gasteiger partial charge in [0.25, 0.3) is 0 Å². The molecule has 4 heteroatoms. The van der Waals surface area contributed by atoms with Gasteiger partial charge in [-0.2, -0.15) is 0 Å². The van der Waals surface area contributed by atoms with E-state index in [2.05, 4.69) is 4.72 Å². The van der Waals surface area contributed by atoms with Gasteiger partial charge in [-0.25, -0.2) is 13.1 Å². The van der Waals surface area contributed by atoms with Gasteiger partial charge in [0, 0.05) is 12.0 Å². The summed E-state index contributed by atoms with van der Waals surface area (Å²) < 4.78 is 27.1. The lowest BCUT2D eigenvalue weighted by molar-refractivity contribution is 0.580. The zero-order chi connectivity index (χ0) is 13.3. The second kappa shape index (κ2) is 4.79. The van der Waals surface area contributed by atoms with E-state index in [4.69, 9.17) is 0 Å². The van der Waals surface area contributed by atoms with Gasteiger partial charge in [0.05, 0.1) is 4.90 Å². The minimum absolute atomic E-state index is 0.0209. The minimum atomic E-state index is -3.39. The van der Waals surface area contributed by atoms with Crippen LogP contribution < -0.4 is 4.72 Å². The fourth-order valence-corrected chi connectivity index (χ4v) is 3.57. The van der Waals surface area contributed by atoms with E-state index in [1.807, 2.05) is 36.4 Å². The molecule has 3 rings (SSSR count). The second-order valence-electron chi connectivity index (χ2n) is 4.79. The van der Waals surface area contributed by atoms with Crippen LogP contribution in [0.3, 0.4) is 0 Å². The number of nitrogens with one attached hydrogen (secondary N) is 1. The maximum Gasteiger partial charge on any atom is 0.240 e. The van der Waals surface area contributed by atoms with E-state index in [1.165, 1.54) is 5.56 Å². The summed E-state index contributed by atoms with van der Waals surface area (Å²) in [5, 5.41) is 0. The van der Waals surface area contributed by atoms with Crippen molar-refractivity contribution in [3.8, 4) is 0 Å². The van der Waals surface area contributed by atoms with Gasteiger partial charge in [0.1, 0.15) is 0 Å². The van der Waals surface area contributed by atoms with Crippen molar-refractivity contribution in [2.24, 2.45) is 0 Å². The molecule has 3 nitrogen and oxygen atoms in total. The molecule has 0 heterocycles. The van der Waals surface area contributed by atoms with Gasteiger partial charge in [-0.1, -0.05) is 48.5 Å². The SMILES string of the molecule is O=S(=O)(NC1CC1c1ccccc1)c1ccccc1. The molecule has 98 valence electrons. The van der Waals surface area contributed by atoms with E-state index in [0.717, 1.165) is 6.42 Å². The monoisotopic (exact) mass is 273 g/mol. The third kappa shape index (κ3) is 2.69. The Morgan fingerprint density at radius 3 is 2.11 bits per heavy atom. The largest absolute Gasteiger partial charge is 0.240 e. The van der Waals surface area contributed by atoms with Gasteiger partial charge in [-0.3, -0.25) is 0 Å². The molecule has 0 aliphatic heterocycles. The Balaban J connectivity index is 1.71. The molecule has 0 aromatic heterocycles. The Morgan fingerprint density at radius 1 is 0.895 bits per heavy atom. The zero-order valence-corrected chi connectivity index (χ0v) is 11.2. The van der Waals surface area contributed by atoms with Crippen molar-refractivity contribution in [3.63, 3.8) is 0 Å². The highest BCUT2D eigenvalue weighted by molar-refractivity contribution is 7.89. The zero-order valence-electron chi connectivity index (χ0n) is 10.4. The van der Waals surface area contributed by atoms with E-state index >= 15 is 0 Å². The molecule has 1 fully saturated rings. The molecule has 1 N–H and O–H groups in total. The Kier molecular flexibility index (Phi) is 3.12. The average Bonchev–Trinajstić information content (AvgIpc) is 3.19. The van der Waals surface area contributed by atoms with Crippen LogP contribution in [0.15, 0.2) is 65.6 Å². The van der Waals surface area contributed by atoms with Crippen molar-refractivity contribution in [1.82, 2.24) is 4.72 Å². The summed E-state index contributed by atoms with van der Waals surface area (Å²) in [4.78, 5) is 0.328. The molecular weight excluding hydrogens is 258 g/mol. The van der Waals surface area contributed by atoms with Crippen LogP contribution in [0, 0.1) is 0 Å². The van der Waals surface area contributed by atoms with Crippen LogP contribution in [0.4, 0.5) is 0 Å². The molecule has 0 saturated heterocycles. The summed E-state index contributed by atoms with van der Waals surface area (Å²) in [7, 11) is -3.39. The van der Waals surface area contributed by atoms with Crippen molar-refractivity contribution in [2.75, 3.05) is 0 Å².